The van der Waals surface area contributed by atoms with E-state index in [0.29, 0.717) is 5.25 Å². The molecule has 0 radical (unpaired) electrons. The molecule has 1 atom stereocenters. The van der Waals surface area contributed by atoms with Crippen molar-refractivity contribution in [2.75, 3.05) is 30.8 Å². The van der Waals surface area contributed by atoms with E-state index in [2.05, 4.69) is 52.3 Å². The number of nitrogens with one attached hydrogen (secondary N) is 2. The van der Waals surface area contributed by atoms with Gasteiger partial charge in [0.15, 0.2) is 0 Å². The second-order valence-corrected chi connectivity index (χ2v) is 9.21. The molecule has 2 aromatic rings. The van der Waals surface area contributed by atoms with Crippen LogP contribution in [0.4, 0.5) is 5.69 Å². The number of aryl methyl sites for hydroxylation is 2. The number of nitrogens with zero attached hydrogens (tertiary/aromatic N) is 3. The number of piperidine rings is 1. The number of likely N-dealkylation sites (tertiary alicyclic amines) is 1. The van der Waals surface area contributed by atoms with Crippen LogP contribution in [0.2, 0.25) is 0 Å². The Morgan fingerprint density at radius 3 is 2.75 bits per heavy atom. The number of fused-ring (bicyclic) bond motifs is 1. The van der Waals surface area contributed by atoms with E-state index in [9.17, 15) is 4.79 Å². The molecule has 2 N–H and O–H groups in total. The number of para-hydroxylation sites is 1. The van der Waals surface area contributed by atoms with Crippen molar-refractivity contribution in [3.63, 3.8) is 0 Å². The zero-order valence-electron chi connectivity index (χ0n) is 16.9. The van der Waals surface area contributed by atoms with Gasteiger partial charge in [-0.25, -0.2) is 0 Å². The largest absolute Gasteiger partial charge is 0.353 e. The number of aromatic nitrogens is 2. The molecule has 6 nitrogen and oxygen atoms in total. The molecule has 2 aliphatic heterocycles. The van der Waals surface area contributed by atoms with E-state index in [1.54, 1.807) is 0 Å². The van der Waals surface area contributed by atoms with Crippen molar-refractivity contribution in [3.05, 3.63) is 46.8 Å². The van der Waals surface area contributed by atoms with Crippen LogP contribution in [0.1, 0.15) is 40.0 Å². The molecule has 150 valence electrons. The lowest BCUT2D eigenvalue weighted by atomic mass is 10.0. The molecule has 28 heavy (non-hydrogen) atoms. The minimum Gasteiger partial charge on any atom is -0.353 e. The molecule has 1 aromatic carbocycles. The fraction of sp³-hybridized carbons (Fsp3) is 0.524. The molecule has 1 aromatic heterocycles. The van der Waals surface area contributed by atoms with Gasteiger partial charge in [0.05, 0.1) is 16.9 Å². The van der Waals surface area contributed by atoms with Gasteiger partial charge in [-0.05, 0) is 51.4 Å². The molecule has 0 aliphatic carbocycles. The molecule has 1 amide bonds. The summed E-state index contributed by atoms with van der Waals surface area (Å²) in [5, 5.41) is 11.0. The highest BCUT2D eigenvalue weighted by Crippen LogP contribution is 2.31. The number of carbonyl (C=O) groups excluding carboxylic acids is 1. The SMILES string of the molecule is Cc1cccc2c1N(C)C(CSC1CCN(Cc3c[nH]nc3C)CC1)NC2=O. The Balaban J connectivity index is 1.29. The van der Waals surface area contributed by atoms with Crippen LogP contribution in [0.25, 0.3) is 0 Å². The topological polar surface area (TPSA) is 64.3 Å². The van der Waals surface area contributed by atoms with Crippen molar-refractivity contribution in [1.29, 1.82) is 0 Å². The van der Waals surface area contributed by atoms with Gasteiger partial charge in [0.25, 0.3) is 5.91 Å². The fourth-order valence-corrected chi connectivity index (χ4v) is 5.50. The molecule has 1 fully saturated rings. The van der Waals surface area contributed by atoms with E-state index in [1.165, 1.54) is 18.4 Å². The van der Waals surface area contributed by atoms with Crippen molar-refractivity contribution >= 4 is 23.4 Å². The quantitative estimate of drug-likeness (QED) is 0.809. The fourth-order valence-electron chi connectivity index (χ4n) is 4.19. The van der Waals surface area contributed by atoms with E-state index in [4.69, 9.17) is 0 Å². The molecule has 1 saturated heterocycles. The Morgan fingerprint density at radius 1 is 1.25 bits per heavy atom. The van der Waals surface area contributed by atoms with E-state index in [0.717, 1.165) is 47.9 Å². The van der Waals surface area contributed by atoms with Crippen LogP contribution in [0, 0.1) is 13.8 Å². The number of benzene rings is 1. The van der Waals surface area contributed by atoms with Gasteiger partial charge < -0.3 is 10.2 Å². The highest BCUT2D eigenvalue weighted by atomic mass is 32.2. The molecule has 2 aliphatic rings. The summed E-state index contributed by atoms with van der Waals surface area (Å²) in [6.45, 7) is 7.37. The lowest BCUT2D eigenvalue weighted by Crippen LogP contribution is -2.53. The number of rotatable bonds is 5. The summed E-state index contributed by atoms with van der Waals surface area (Å²) in [5.41, 5.74) is 5.41. The third kappa shape index (κ3) is 3.91. The predicted molar refractivity (Wildman–Crippen MR) is 115 cm³/mol. The lowest BCUT2D eigenvalue weighted by Gasteiger charge is -2.38. The van der Waals surface area contributed by atoms with Crippen LogP contribution in [0.5, 0.6) is 0 Å². The summed E-state index contributed by atoms with van der Waals surface area (Å²) in [5.74, 6) is 0.967. The van der Waals surface area contributed by atoms with E-state index >= 15 is 0 Å². The Morgan fingerprint density at radius 2 is 2.04 bits per heavy atom. The maximum atomic E-state index is 12.5. The molecular weight excluding hydrogens is 370 g/mol. The van der Waals surface area contributed by atoms with Gasteiger partial charge >= 0.3 is 0 Å². The van der Waals surface area contributed by atoms with Gasteiger partial charge in [-0.1, -0.05) is 12.1 Å². The second-order valence-electron chi connectivity index (χ2n) is 7.88. The third-order valence-electron chi connectivity index (χ3n) is 5.95. The van der Waals surface area contributed by atoms with Crippen molar-refractivity contribution < 1.29 is 4.79 Å². The van der Waals surface area contributed by atoms with Gasteiger partial charge in [-0.15, -0.1) is 0 Å². The number of amides is 1. The molecular formula is C21H29N5OS. The Kier molecular flexibility index (Phi) is 5.64. The van der Waals surface area contributed by atoms with Crippen LogP contribution in [0.3, 0.4) is 0 Å². The third-order valence-corrected chi connectivity index (χ3v) is 7.41. The number of hydrogen-bond donors (Lipinski definition) is 2. The van der Waals surface area contributed by atoms with E-state index < -0.39 is 0 Å². The molecule has 1 unspecified atom stereocenters. The molecule has 0 spiro atoms. The van der Waals surface area contributed by atoms with Gasteiger partial charge in [0.1, 0.15) is 6.17 Å². The maximum Gasteiger partial charge on any atom is 0.255 e. The summed E-state index contributed by atoms with van der Waals surface area (Å²) in [6, 6.07) is 5.94. The normalized spacial score (nSPS) is 20.9. The van der Waals surface area contributed by atoms with Crippen LogP contribution < -0.4 is 10.2 Å². The first-order chi connectivity index (χ1) is 13.5. The minimum atomic E-state index is 0.0488. The highest BCUT2D eigenvalue weighted by Gasteiger charge is 2.30. The van der Waals surface area contributed by atoms with Crippen molar-refractivity contribution in [2.24, 2.45) is 0 Å². The van der Waals surface area contributed by atoms with Gasteiger partial charge in [-0.3, -0.25) is 14.8 Å². The zero-order valence-corrected chi connectivity index (χ0v) is 17.7. The summed E-state index contributed by atoms with van der Waals surface area (Å²) in [6.07, 6.45) is 4.46. The van der Waals surface area contributed by atoms with Gasteiger partial charge in [0, 0.05) is 36.4 Å². The van der Waals surface area contributed by atoms with Crippen molar-refractivity contribution in [3.8, 4) is 0 Å². The first kappa shape index (κ1) is 19.3. The summed E-state index contributed by atoms with van der Waals surface area (Å²) < 4.78 is 0. The second kappa shape index (κ2) is 8.17. The van der Waals surface area contributed by atoms with Crippen LogP contribution in [-0.4, -0.2) is 58.3 Å². The summed E-state index contributed by atoms with van der Waals surface area (Å²) in [7, 11) is 2.09. The lowest BCUT2D eigenvalue weighted by molar-refractivity contribution is 0.0933. The Hall–Kier alpha value is -1.99. The van der Waals surface area contributed by atoms with Gasteiger partial charge in [-0.2, -0.15) is 16.9 Å². The number of carbonyl (C=O) groups is 1. The smallest absolute Gasteiger partial charge is 0.255 e. The average molecular weight is 400 g/mol. The Labute approximate surface area is 171 Å². The maximum absolute atomic E-state index is 12.5. The zero-order chi connectivity index (χ0) is 19.7. The number of H-pyrrole nitrogens is 1. The first-order valence-electron chi connectivity index (χ1n) is 9.99. The van der Waals surface area contributed by atoms with E-state index in [1.807, 2.05) is 30.1 Å². The van der Waals surface area contributed by atoms with Crippen LogP contribution in [-0.2, 0) is 6.54 Å². The first-order valence-corrected chi connectivity index (χ1v) is 11.0. The number of aromatic amines is 1. The molecule has 0 saturated carbocycles. The Bertz CT molecular complexity index is 843. The molecule has 3 heterocycles. The predicted octanol–water partition coefficient (Wildman–Crippen LogP) is 2.93. The van der Waals surface area contributed by atoms with Crippen molar-refractivity contribution in [1.82, 2.24) is 20.4 Å². The number of anilines is 1. The summed E-state index contributed by atoms with van der Waals surface area (Å²) in [4.78, 5) is 17.3. The van der Waals surface area contributed by atoms with Crippen LogP contribution >= 0.6 is 11.8 Å². The average Bonchev–Trinajstić information content (AvgIpc) is 3.09. The molecule has 7 heteroatoms. The highest BCUT2D eigenvalue weighted by molar-refractivity contribution is 7.99. The number of thioether (sulfide) groups is 1. The molecule has 4 rings (SSSR count). The summed E-state index contributed by atoms with van der Waals surface area (Å²) >= 11 is 2.00. The number of hydrogen-bond acceptors (Lipinski definition) is 5. The van der Waals surface area contributed by atoms with Crippen molar-refractivity contribution in [2.45, 2.75) is 44.6 Å². The van der Waals surface area contributed by atoms with Crippen LogP contribution in [0.15, 0.2) is 24.4 Å². The molecule has 0 bridgehead atoms. The van der Waals surface area contributed by atoms with E-state index in [-0.39, 0.29) is 12.1 Å². The standard InChI is InChI=1S/C21H29N5OS/c1-14-5-4-6-18-20(14)25(3)19(23-21(18)27)13-28-17-7-9-26(10-8-17)12-16-11-22-24-15(16)2/h4-6,11,17,19H,7-10,12-13H2,1-3H3,(H,22,24)(H,23,27). The minimum absolute atomic E-state index is 0.0488. The van der Waals surface area contributed by atoms with Gasteiger partial charge in [0.2, 0.25) is 0 Å². The monoisotopic (exact) mass is 399 g/mol.